The van der Waals surface area contributed by atoms with Crippen molar-refractivity contribution in [3.8, 4) is 11.8 Å². The van der Waals surface area contributed by atoms with Gasteiger partial charge >= 0.3 is 5.97 Å². The normalized spacial score (nSPS) is 14.7. The van der Waals surface area contributed by atoms with Crippen LogP contribution in [-0.4, -0.2) is 31.8 Å². The minimum atomic E-state index is -3.75. The van der Waals surface area contributed by atoms with Crippen molar-refractivity contribution in [2.45, 2.75) is 24.2 Å². The van der Waals surface area contributed by atoms with Crippen LogP contribution in [0.5, 0.6) is 5.75 Å². The maximum absolute atomic E-state index is 12.8. The van der Waals surface area contributed by atoms with E-state index in [9.17, 15) is 13.2 Å². The van der Waals surface area contributed by atoms with E-state index in [1.807, 2.05) is 6.07 Å². The quantitative estimate of drug-likeness (QED) is 0.563. The maximum Gasteiger partial charge on any atom is 0.343 e. The van der Waals surface area contributed by atoms with Gasteiger partial charge in [0.15, 0.2) is 0 Å². The lowest BCUT2D eigenvalue weighted by atomic mass is 10.1. The van der Waals surface area contributed by atoms with Crippen molar-refractivity contribution in [2.24, 2.45) is 0 Å². The molecule has 2 aromatic carbocycles. The Labute approximate surface area is 163 Å². The van der Waals surface area contributed by atoms with Crippen LogP contribution in [0.25, 0.3) is 0 Å². The van der Waals surface area contributed by atoms with Crippen LogP contribution in [0.2, 0.25) is 5.02 Å². The van der Waals surface area contributed by atoms with Gasteiger partial charge in [-0.15, -0.1) is 0 Å². The fourth-order valence-electron chi connectivity index (χ4n) is 2.83. The van der Waals surface area contributed by atoms with E-state index in [4.69, 9.17) is 21.6 Å². The summed E-state index contributed by atoms with van der Waals surface area (Å²) < 4.78 is 32.2. The van der Waals surface area contributed by atoms with Gasteiger partial charge in [0.1, 0.15) is 10.6 Å². The molecule has 0 unspecified atom stereocenters. The smallest absolute Gasteiger partial charge is 0.343 e. The summed E-state index contributed by atoms with van der Waals surface area (Å²) in [6.45, 7) is 0.894. The highest BCUT2D eigenvalue weighted by molar-refractivity contribution is 7.89. The third kappa shape index (κ3) is 4.30. The molecular formula is C19H17ClN2O4S. The number of carbonyl (C=O) groups is 1. The van der Waals surface area contributed by atoms with Crippen molar-refractivity contribution in [3.63, 3.8) is 0 Å². The number of nitriles is 1. The first kappa shape index (κ1) is 19.4. The fraction of sp³-hybridized carbons (Fsp3) is 0.263. The van der Waals surface area contributed by atoms with E-state index >= 15 is 0 Å². The Morgan fingerprint density at radius 1 is 1.15 bits per heavy atom. The van der Waals surface area contributed by atoms with E-state index in [2.05, 4.69) is 0 Å². The van der Waals surface area contributed by atoms with E-state index in [0.29, 0.717) is 18.8 Å². The number of nitrogens with zero attached hydrogens (tertiary/aromatic N) is 2. The third-order valence-electron chi connectivity index (χ3n) is 4.27. The SMILES string of the molecule is N#CCc1ccc(OC(=O)c2ccc(Cl)c(S(=O)(=O)N3CCCC3)c2)cc1. The van der Waals surface area contributed by atoms with Crippen LogP contribution in [0.15, 0.2) is 47.4 Å². The fourth-order valence-corrected chi connectivity index (χ4v) is 4.85. The van der Waals surface area contributed by atoms with Crippen molar-refractivity contribution in [1.29, 1.82) is 5.26 Å². The minimum absolute atomic E-state index is 0.0688. The predicted molar refractivity (Wildman–Crippen MR) is 100 cm³/mol. The third-order valence-corrected chi connectivity index (χ3v) is 6.65. The molecule has 0 aliphatic carbocycles. The molecular weight excluding hydrogens is 388 g/mol. The standard InChI is InChI=1S/C19H17ClN2O4S/c20-17-8-5-15(13-18(17)27(24,25)22-11-1-2-12-22)19(23)26-16-6-3-14(4-7-16)9-10-21/h3-8,13H,1-2,9,11-12H2. The van der Waals surface area contributed by atoms with E-state index < -0.39 is 16.0 Å². The van der Waals surface area contributed by atoms with Gasteiger partial charge in [0.2, 0.25) is 10.0 Å². The Bertz CT molecular complexity index is 991. The lowest BCUT2D eigenvalue weighted by Crippen LogP contribution is -2.28. The van der Waals surface area contributed by atoms with Crippen molar-refractivity contribution >= 4 is 27.6 Å². The second-order valence-corrected chi connectivity index (χ2v) is 8.44. The van der Waals surface area contributed by atoms with E-state index in [-0.39, 0.29) is 21.9 Å². The molecule has 1 aliphatic rings. The summed E-state index contributed by atoms with van der Waals surface area (Å²) in [5.74, 6) is -0.377. The Hall–Kier alpha value is -2.40. The number of hydrogen-bond acceptors (Lipinski definition) is 5. The van der Waals surface area contributed by atoms with Gasteiger partial charge in [-0.25, -0.2) is 13.2 Å². The van der Waals surface area contributed by atoms with E-state index in [1.165, 1.54) is 22.5 Å². The van der Waals surface area contributed by atoms with E-state index in [1.54, 1.807) is 24.3 Å². The summed E-state index contributed by atoms with van der Waals surface area (Å²) in [5, 5.41) is 8.75. The molecule has 0 spiro atoms. The first-order chi connectivity index (χ1) is 12.9. The second-order valence-electron chi connectivity index (χ2n) is 6.12. The molecule has 0 radical (unpaired) electrons. The minimum Gasteiger partial charge on any atom is -0.423 e. The number of esters is 1. The van der Waals surface area contributed by atoms with Gasteiger partial charge in [-0.1, -0.05) is 23.7 Å². The van der Waals surface area contributed by atoms with Crippen molar-refractivity contribution in [3.05, 3.63) is 58.6 Å². The monoisotopic (exact) mass is 404 g/mol. The molecule has 140 valence electrons. The Balaban J connectivity index is 1.82. The lowest BCUT2D eigenvalue weighted by molar-refractivity contribution is 0.0734. The zero-order valence-corrected chi connectivity index (χ0v) is 16.0. The molecule has 0 atom stereocenters. The summed E-state index contributed by atoms with van der Waals surface area (Å²) in [6, 6.07) is 12.7. The Morgan fingerprint density at radius 3 is 2.44 bits per heavy atom. The highest BCUT2D eigenvalue weighted by atomic mass is 35.5. The average molecular weight is 405 g/mol. The molecule has 1 aliphatic heterocycles. The molecule has 8 heteroatoms. The molecule has 3 rings (SSSR count). The summed E-state index contributed by atoms with van der Waals surface area (Å²) in [4.78, 5) is 12.3. The maximum atomic E-state index is 12.8. The molecule has 1 fully saturated rings. The molecule has 0 N–H and O–H groups in total. The van der Waals surface area contributed by atoms with Crippen LogP contribution in [0.1, 0.15) is 28.8 Å². The number of halogens is 1. The van der Waals surface area contributed by atoms with Crippen LogP contribution in [-0.2, 0) is 16.4 Å². The molecule has 0 amide bonds. The van der Waals surface area contributed by atoms with Crippen molar-refractivity contribution in [2.75, 3.05) is 13.1 Å². The summed E-state index contributed by atoms with van der Waals surface area (Å²) in [7, 11) is -3.75. The predicted octanol–water partition coefficient (Wildman–Crippen LogP) is 3.41. The number of sulfonamides is 1. The van der Waals surface area contributed by atoms with Gasteiger partial charge in [-0.3, -0.25) is 0 Å². The topological polar surface area (TPSA) is 87.5 Å². The van der Waals surface area contributed by atoms with Crippen molar-refractivity contribution < 1.29 is 17.9 Å². The first-order valence-corrected chi connectivity index (χ1v) is 10.2. The summed E-state index contributed by atoms with van der Waals surface area (Å²) in [5.41, 5.74) is 0.904. The zero-order chi connectivity index (χ0) is 19.4. The zero-order valence-electron chi connectivity index (χ0n) is 14.4. The molecule has 1 saturated heterocycles. The number of carbonyl (C=O) groups excluding carboxylic acids is 1. The van der Waals surface area contributed by atoms with Crippen LogP contribution < -0.4 is 4.74 Å². The second kappa shape index (κ2) is 8.09. The van der Waals surface area contributed by atoms with Gasteiger partial charge in [-0.05, 0) is 48.7 Å². The lowest BCUT2D eigenvalue weighted by Gasteiger charge is -2.17. The van der Waals surface area contributed by atoms with Gasteiger partial charge in [0.25, 0.3) is 0 Å². The molecule has 0 bridgehead atoms. The van der Waals surface area contributed by atoms with Crippen LogP contribution >= 0.6 is 11.6 Å². The van der Waals surface area contributed by atoms with Crippen LogP contribution in [0.4, 0.5) is 0 Å². The molecule has 1 heterocycles. The van der Waals surface area contributed by atoms with Gasteiger partial charge in [0, 0.05) is 13.1 Å². The highest BCUT2D eigenvalue weighted by Crippen LogP contribution is 2.28. The number of hydrogen-bond donors (Lipinski definition) is 0. The number of benzene rings is 2. The van der Waals surface area contributed by atoms with E-state index in [0.717, 1.165) is 18.4 Å². The number of ether oxygens (including phenoxy) is 1. The van der Waals surface area contributed by atoms with Gasteiger partial charge in [0.05, 0.1) is 23.1 Å². The van der Waals surface area contributed by atoms with Crippen LogP contribution in [0, 0.1) is 11.3 Å². The molecule has 6 nitrogen and oxygen atoms in total. The van der Waals surface area contributed by atoms with Crippen molar-refractivity contribution in [1.82, 2.24) is 4.31 Å². The summed E-state index contributed by atoms with van der Waals surface area (Å²) in [6.07, 6.45) is 1.88. The number of rotatable bonds is 5. The Morgan fingerprint density at radius 2 is 1.81 bits per heavy atom. The Kier molecular flexibility index (Phi) is 5.80. The van der Waals surface area contributed by atoms with Gasteiger partial charge < -0.3 is 4.74 Å². The average Bonchev–Trinajstić information content (AvgIpc) is 3.19. The molecule has 2 aromatic rings. The largest absolute Gasteiger partial charge is 0.423 e. The molecule has 0 aromatic heterocycles. The molecule has 27 heavy (non-hydrogen) atoms. The first-order valence-electron chi connectivity index (χ1n) is 8.39. The highest BCUT2D eigenvalue weighted by Gasteiger charge is 2.30. The van der Waals surface area contributed by atoms with Crippen LogP contribution in [0.3, 0.4) is 0 Å². The van der Waals surface area contributed by atoms with Gasteiger partial charge in [-0.2, -0.15) is 9.57 Å². The molecule has 0 saturated carbocycles. The summed E-state index contributed by atoms with van der Waals surface area (Å²) >= 11 is 6.09.